The minimum absolute atomic E-state index is 0.0355. The Hall–Kier alpha value is -2.89. The van der Waals surface area contributed by atoms with Crippen LogP contribution in [0.25, 0.3) is 0 Å². The summed E-state index contributed by atoms with van der Waals surface area (Å²) in [6.07, 6.45) is -9.05. The van der Waals surface area contributed by atoms with Crippen molar-refractivity contribution in [2.24, 2.45) is 10.9 Å². The van der Waals surface area contributed by atoms with Crippen molar-refractivity contribution in [1.29, 1.82) is 0 Å². The number of benzene rings is 1. The first kappa shape index (κ1) is 19.9. The van der Waals surface area contributed by atoms with Crippen LogP contribution < -0.4 is 11.1 Å². The number of guanidine groups is 1. The Morgan fingerprint density at radius 3 is 2.75 bits per heavy atom. The Balaban J connectivity index is 2.28. The van der Waals surface area contributed by atoms with Gasteiger partial charge >= 0.3 is 12.3 Å². The molecule has 0 spiro atoms. The molecule has 0 bridgehead atoms. The van der Waals surface area contributed by atoms with Crippen LogP contribution in [0.3, 0.4) is 0 Å². The maximum Gasteiger partial charge on any atom is 0.415 e. The number of nitrogens with two attached hydrogens (primary N) is 1. The molecule has 0 radical (unpaired) electrons. The van der Waals surface area contributed by atoms with Crippen molar-refractivity contribution in [3.05, 3.63) is 29.6 Å². The number of nitrogens with zero attached hydrogens (tertiary/aromatic N) is 2. The molecule has 3 rings (SSSR count). The summed E-state index contributed by atoms with van der Waals surface area (Å²) < 4.78 is 60.1. The van der Waals surface area contributed by atoms with E-state index in [1.165, 1.54) is 13.0 Å². The third-order valence-corrected chi connectivity index (χ3v) is 4.71. The molecule has 1 fully saturated rings. The Labute approximate surface area is 156 Å². The summed E-state index contributed by atoms with van der Waals surface area (Å²) in [5.74, 6) is -4.47. The standard InChI is InChI=1S/C16H16F4N4O4/c1-2-24-12(25)10-11(16(18,19)20)28-6-15(10,23-13(24)22-14(26)27)8-5-7(21)3-4-9(8)17/h3-5,10-11H,2,6,21H2,1H3,(H,22,23)(H,26,27)/t10-,11-,15+/m0/s1. The average molecular weight is 404 g/mol. The minimum atomic E-state index is -4.93. The molecule has 0 aliphatic carbocycles. The highest BCUT2D eigenvalue weighted by Crippen LogP contribution is 2.51. The molecule has 0 saturated carbocycles. The molecule has 2 amide bonds. The Morgan fingerprint density at radius 2 is 2.18 bits per heavy atom. The number of amides is 2. The number of hydrogen-bond donors (Lipinski definition) is 3. The van der Waals surface area contributed by atoms with Gasteiger partial charge in [0.2, 0.25) is 11.9 Å². The van der Waals surface area contributed by atoms with E-state index in [1.807, 2.05) is 5.32 Å². The summed E-state index contributed by atoms with van der Waals surface area (Å²) in [4.78, 5) is 28.8. The predicted octanol–water partition coefficient (Wildman–Crippen LogP) is 1.67. The van der Waals surface area contributed by atoms with Crippen molar-refractivity contribution in [3.8, 4) is 0 Å². The van der Waals surface area contributed by atoms with E-state index in [0.717, 1.165) is 17.0 Å². The van der Waals surface area contributed by atoms with Crippen LogP contribution in [0.15, 0.2) is 23.2 Å². The number of nitrogens with one attached hydrogen (secondary N) is 1. The number of fused-ring (bicyclic) bond motifs is 1. The van der Waals surface area contributed by atoms with Crippen LogP contribution >= 0.6 is 0 Å². The van der Waals surface area contributed by atoms with Crippen molar-refractivity contribution in [2.75, 3.05) is 18.9 Å². The lowest BCUT2D eigenvalue weighted by Crippen LogP contribution is -2.60. The Morgan fingerprint density at radius 1 is 1.50 bits per heavy atom. The lowest BCUT2D eigenvalue weighted by Gasteiger charge is -2.40. The molecule has 1 aromatic carbocycles. The third-order valence-electron chi connectivity index (χ3n) is 4.71. The monoisotopic (exact) mass is 404 g/mol. The van der Waals surface area contributed by atoms with Gasteiger partial charge in [0.1, 0.15) is 17.3 Å². The SMILES string of the molecule is CCN1C(=O)[C@@H]2[C@@H](C(F)(F)F)OC[C@]2(c2cc(N)ccc2F)N=C1NC(=O)O. The zero-order chi connectivity index (χ0) is 20.9. The van der Waals surface area contributed by atoms with Crippen LogP contribution in [-0.2, 0) is 15.1 Å². The van der Waals surface area contributed by atoms with E-state index in [9.17, 15) is 27.2 Å². The third kappa shape index (κ3) is 3.03. The van der Waals surface area contributed by atoms with Gasteiger partial charge in [0.15, 0.2) is 6.10 Å². The van der Waals surface area contributed by atoms with Gasteiger partial charge in [-0.25, -0.2) is 14.2 Å². The van der Waals surface area contributed by atoms with Gasteiger partial charge in [0.05, 0.1) is 6.61 Å². The Bertz CT molecular complexity index is 860. The molecule has 8 nitrogen and oxygen atoms in total. The quantitative estimate of drug-likeness (QED) is 0.512. The van der Waals surface area contributed by atoms with Crippen LogP contribution in [0, 0.1) is 11.7 Å². The molecular formula is C16H16F4N4O4. The maximum atomic E-state index is 14.6. The van der Waals surface area contributed by atoms with Crippen LogP contribution in [0.1, 0.15) is 12.5 Å². The molecule has 12 heteroatoms. The molecule has 1 saturated heterocycles. The van der Waals surface area contributed by atoms with Crippen LogP contribution in [0.5, 0.6) is 0 Å². The first-order valence-electron chi connectivity index (χ1n) is 8.16. The number of aliphatic imine (C=N–C) groups is 1. The predicted molar refractivity (Wildman–Crippen MR) is 87.8 cm³/mol. The van der Waals surface area contributed by atoms with E-state index in [4.69, 9.17) is 15.6 Å². The first-order chi connectivity index (χ1) is 13.0. The number of carbonyl (C=O) groups is 2. The molecule has 1 aromatic rings. The maximum absolute atomic E-state index is 14.6. The van der Waals surface area contributed by atoms with Gasteiger partial charge < -0.3 is 15.6 Å². The summed E-state index contributed by atoms with van der Waals surface area (Å²) in [5.41, 5.74) is 3.19. The number of ether oxygens (including phenoxy) is 1. The highest BCUT2D eigenvalue weighted by atomic mass is 19.4. The van der Waals surface area contributed by atoms with Gasteiger partial charge in [-0.3, -0.25) is 15.0 Å². The molecule has 3 atom stereocenters. The zero-order valence-electron chi connectivity index (χ0n) is 14.5. The number of rotatable bonds is 2. The molecule has 152 valence electrons. The highest BCUT2D eigenvalue weighted by molar-refractivity contribution is 6.06. The summed E-state index contributed by atoms with van der Waals surface area (Å²) in [5, 5.41) is 10.9. The Kier molecular flexibility index (Phi) is 4.69. The minimum Gasteiger partial charge on any atom is -0.465 e. The molecular weight excluding hydrogens is 388 g/mol. The molecule has 28 heavy (non-hydrogen) atoms. The second kappa shape index (κ2) is 6.62. The van der Waals surface area contributed by atoms with Gasteiger partial charge in [-0.05, 0) is 25.1 Å². The topological polar surface area (TPSA) is 117 Å². The van der Waals surface area contributed by atoms with E-state index >= 15 is 0 Å². The average Bonchev–Trinajstić information content (AvgIpc) is 2.98. The summed E-state index contributed by atoms with van der Waals surface area (Å²) in [7, 11) is 0. The van der Waals surface area contributed by atoms with E-state index in [1.54, 1.807) is 0 Å². The van der Waals surface area contributed by atoms with Crippen molar-refractivity contribution in [1.82, 2.24) is 10.2 Å². The number of nitrogen functional groups attached to an aromatic ring is 1. The molecule has 4 N–H and O–H groups in total. The van der Waals surface area contributed by atoms with E-state index < -0.39 is 54.1 Å². The largest absolute Gasteiger partial charge is 0.465 e. The summed E-state index contributed by atoms with van der Waals surface area (Å²) >= 11 is 0. The van der Waals surface area contributed by atoms with Crippen molar-refractivity contribution in [3.63, 3.8) is 0 Å². The fraction of sp³-hybridized carbons (Fsp3) is 0.438. The number of carbonyl (C=O) groups excluding carboxylic acids is 1. The molecule has 0 aromatic heterocycles. The second-order valence-electron chi connectivity index (χ2n) is 6.36. The van der Waals surface area contributed by atoms with Gasteiger partial charge in [-0.1, -0.05) is 0 Å². The number of alkyl halides is 3. The van der Waals surface area contributed by atoms with Gasteiger partial charge in [0, 0.05) is 17.8 Å². The first-order valence-corrected chi connectivity index (χ1v) is 8.16. The van der Waals surface area contributed by atoms with E-state index in [0.29, 0.717) is 0 Å². The fourth-order valence-corrected chi connectivity index (χ4v) is 3.57. The molecule has 2 aliphatic heterocycles. The highest BCUT2D eigenvalue weighted by Gasteiger charge is 2.66. The number of halogens is 4. The smallest absolute Gasteiger partial charge is 0.415 e. The summed E-state index contributed by atoms with van der Waals surface area (Å²) in [6.45, 7) is 0.494. The van der Waals surface area contributed by atoms with Gasteiger partial charge in [0.25, 0.3) is 0 Å². The van der Waals surface area contributed by atoms with Gasteiger partial charge in [-0.15, -0.1) is 0 Å². The van der Waals surface area contributed by atoms with Gasteiger partial charge in [-0.2, -0.15) is 13.2 Å². The number of hydrogen-bond acceptors (Lipinski definition) is 5. The molecule has 2 heterocycles. The van der Waals surface area contributed by atoms with Crippen molar-refractivity contribution in [2.45, 2.75) is 24.7 Å². The van der Waals surface area contributed by atoms with Crippen LogP contribution in [0.2, 0.25) is 0 Å². The zero-order valence-corrected chi connectivity index (χ0v) is 14.5. The lowest BCUT2D eigenvalue weighted by atomic mass is 9.75. The molecule has 2 aliphatic rings. The van der Waals surface area contributed by atoms with E-state index in [2.05, 4.69) is 4.99 Å². The normalized spacial score (nSPS) is 27.4. The van der Waals surface area contributed by atoms with Crippen molar-refractivity contribution < 1.29 is 37.0 Å². The summed E-state index contributed by atoms with van der Waals surface area (Å²) in [6, 6.07) is 3.21. The van der Waals surface area contributed by atoms with Crippen LogP contribution in [-0.4, -0.2) is 53.4 Å². The molecule has 0 unspecified atom stereocenters. The van der Waals surface area contributed by atoms with Crippen molar-refractivity contribution >= 4 is 23.6 Å². The van der Waals surface area contributed by atoms with E-state index in [-0.39, 0.29) is 17.8 Å². The number of carboxylic acid groups (broad SMARTS) is 1. The van der Waals surface area contributed by atoms with Crippen LogP contribution in [0.4, 0.5) is 28.0 Å². The fourth-order valence-electron chi connectivity index (χ4n) is 3.57. The second-order valence-corrected chi connectivity index (χ2v) is 6.36. The lowest BCUT2D eigenvalue weighted by molar-refractivity contribution is -0.218. The number of anilines is 1.